The van der Waals surface area contributed by atoms with Crippen LogP contribution < -0.4 is 5.32 Å². The van der Waals surface area contributed by atoms with Crippen LogP contribution in [-0.4, -0.2) is 40.0 Å². The van der Waals surface area contributed by atoms with Gasteiger partial charge in [-0.2, -0.15) is 0 Å². The number of anilines is 1. The van der Waals surface area contributed by atoms with Crippen LogP contribution in [0.5, 0.6) is 0 Å². The Hall–Kier alpha value is -2.34. The quantitative estimate of drug-likeness (QED) is 0.696. The molecule has 144 valence electrons. The number of aromatic nitrogens is 1. The normalized spacial score (nSPS) is 11.7. The molecule has 1 N–H and O–H groups in total. The second-order valence-corrected chi connectivity index (χ2v) is 7.53. The number of nitrogens with one attached hydrogen (secondary N) is 1. The molecule has 1 heterocycles. The van der Waals surface area contributed by atoms with Gasteiger partial charge in [0.25, 0.3) is 0 Å². The van der Waals surface area contributed by atoms with E-state index in [0.717, 1.165) is 28.3 Å². The summed E-state index contributed by atoms with van der Waals surface area (Å²) in [7, 11) is 0. The number of hydrogen-bond donors (Lipinski definition) is 1. The summed E-state index contributed by atoms with van der Waals surface area (Å²) in [4.78, 5) is 31.2. The van der Waals surface area contributed by atoms with Gasteiger partial charge in [-0.1, -0.05) is 36.9 Å². The number of pyridine rings is 1. The molecule has 0 fully saturated rings. The van der Waals surface area contributed by atoms with Gasteiger partial charge < -0.3 is 10.2 Å². The summed E-state index contributed by atoms with van der Waals surface area (Å²) in [5.41, 5.74) is 2.95. The predicted molar refractivity (Wildman–Crippen MR) is 111 cm³/mol. The van der Waals surface area contributed by atoms with Crippen LogP contribution >= 0.6 is 11.8 Å². The Bertz CT molecular complexity index is 780. The SMILES string of the molecule is CC[C@@H](C)N(CC(=O)Nc1cccc(C)c1C)C(=O)CSc1ccccn1. The lowest BCUT2D eigenvalue weighted by atomic mass is 10.1. The van der Waals surface area contributed by atoms with Crippen molar-refractivity contribution in [1.82, 2.24) is 9.88 Å². The van der Waals surface area contributed by atoms with Gasteiger partial charge in [0, 0.05) is 17.9 Å². The fourth-order valence-electron chi connectivity index (χ4n) is 2.59. The molecule has 1 aromatic carbocycles. The lowest BCUT2D eigenvalue weighted by Gasteiger charge is -2.28. The minimum absolute atomic E-state index is 0.00816. The zero-order valence-electron chi connectivity index (χ0n) is 16.4. The number of carbonyl (C=O) groups is 2. The highest BCUT2D eigenvalue weighted by atomic mass is 32.2. The summed E-state index contributed by atoms with van der Waals surface area (Å²) in [6, 6.07) is 11.4. The maximum absolute atomic E-state index is 12.7. The summed E-state index contributed by atoms with van der Waals surface area (Å²) in [5.74, 6) is 0.0225. The van der Waals surface area contributed by atoms with Crippen molar-refractivity contribution in [3.8, 4) is 0 Å². The molecule has 0 aliphatic rings. The van der Waals surface area contributed by atoms with Crippen molar-refractivity contribution in [3.05, 3.63) is 53.7 Å². The van der Waals surface area contributed by atoms with Crippen molar-refractivity contribution in [2.75, 3.05) is 17.6 Å². The van der Waals surface area contributed by atoms with E-state index in [1.165, 1.54) is 11.8 Å². The number of rotatable bonds is 8. The Morgan fingerprint density at radius 1 is 1.19 bits per heavy atom. The molecule has 5 nitrogen and oxygen atoms in total. The van der Waals surface area contributed by atoms with Crippen LogP contribution in [0.3, 0.4) is 0 Å². The molecule has 0 bridgehead atoms. The predicted octanol–water partition coefficient (Wildman–Crippen LogP) is 4.06. The number of aryl methyl sites for hydroxylation is 1. The van der Waals surface area contributed by atoms with Crippen LogP contribution in [0, 0.1) is 13.8 Å². The fourth-order valence-corrected chi connectivity index (χ4v) is 3.34. The van der Waals surface area contributed by atoms with Crippen molar-refractivity contribution in [3.63, 3.8) is 0 Å². The lowest BCUT2D eigenvalue weighted by Crippen LogP contribution is -2.44. The highest BCUT2D eigenvalue weighted by molar-refractivity contribution is 7.99. The van der Waals surface area contributed by atoms with Crippen LogP contribution in [0.25, 0.3) is 0 Å². The van der Waals surface area contributed by atoms with Crippen molar-refractivity contribution >= 4 is 29.3 Å². The second-order valence-electron chi connectivity index (χ2n) is 6.53. The molecule has 0 aliphatic carbocycles. The zero-order chi connectivity index (χ0) is 19.8. The van der Waals surface area contributed by atoms with E-state index >= 15 is 0 Å². The van der Waals surface area contributed by atoms with Gasteiger partial charge in [0.15, 0.2) is 0 Å². The Kier molecular flexibility index (Phi) is 7.85. The van der Waals surface area contributed by atoms with Gasteiger partial charge in [-0.3, -0.25) is 9.59 Å². The van der Waals surface area contributed by atoms with E-state index in [9.17, 15) is 9.59 Å². The maximum Gasteiger partial charge on any atom is 0.244 e. The van der Waals surface area contributed by atoms with Crippen LogP contribution in [0.2, 0.25) is 0 Å². The number of nitrogens with zero attached hydrogens (tertiary/aromatic N) is 2. The lowest BCUT2D eigenvalue weighted by molar-refractivity contribution is -0.134. The monoisotopic (exact) mass is 385 g/mol. The molecule has 0 unspecified atom stereocenters. The van der Waals surface area contributed by atoms with E-state index < -0.39 is 0 Å². The summed E-state index contributed by atoms with van der Waals surface area (Å²) < 4.78 is 0. The Balaban J connectivity index is 2.01. The number of hydrogen-bond acceptors (Lipinski definition) is 4. The highest BCUT2D eigenvalue weighted by Crippen LogP contribution is 2.19. The summed E-state index contributed by atoms with van der Waals surface area (Å²) in [6.07, 6.45) is 2.49. The largest absolute Gasteiger partial charge is 0.330 e. The third kappa shape index (κ3) is 6.10. The molecule has 0 aliphatic heterocycles. The molecule has 2 aromatic rings. The van der Waals surface area contributed by atoms with E-state index in [-0.39, 0.29) is 30.2 Å². The number of amides is 2. The fraction of sp³-hybridized carbons (Fsp3) is 0.381. The molecule has 0 spiro atoms. The van der Waals surface area contributed by atoms with Gasteiger partial charge in [-0.15, -0.1) is 0 Å². The molecular formula is C21H27N3O2S. The number of thioether (sulfide) groups is 1. The Labute approximate surface area is 165 Å². The zero-order valence-corrected chi connectivity index (χ0v) is 17.2. The third-order valence-electron chi connectivity index (χ3n) is 4.62. The van der Waals surface area contributed by atoms with E-state index in [1.807, 2.05) is 64.1 Å². The van der Waals surface area contributed by atoms with Gasteiger partial charge in [0.2, 0.25) is 11.8 Å². The molecule has 27 heavy (non-hydrogen) atoms. The number of carbonyl (C=O) groups excluding carboxylic acids is 2. The average molecular weight is 386 g/mol. The average Bonchev–Trinajstić information content (AvgIpc) is 2.68. The van der Waals surface area contributed by atoms with Crippen LogP contribution in [0.15, 0.2) is 47.6 Å². The Morgan fingerprint density at radius 3 is 2.63 bits per heavy atom. The van der Waals surface area contributed by atoms with Crippen LogP contribution in [-0.2, 0) is 9.59 Å². The Morgan fingerprint density at radius 2 is 1.96 bits per heavy atom. The van der Waals surface area contributed by atoms with E-state index in [0.29, 0.717) is 0 Å². The van der Waals surface area contributed by atoms with Crippen molar-refractivity contribution in [2.24, 2.45) is 0 Å². The summed E-state index contributed by atoms with van der Waals surface area (Å²) >= 11 is 1.39. The highest BCUT2D eigenvalue weighted by Gasteiger charge is 2.22. The van der Waals surface area contributed by atoms with Gasteiger partial charge in [-0.05, 0) is 56.5 Å². The first kappa shape index (κ1) is 21.0. The molecule has 1 atom stereocenters. The van der Waals surface area contributed by atoms with Crippen LogP contribution in [0.1, 0.15) is 31.4 Å². The first-order chi connectivity index (χ1) is 12.9. The molecule has 1 aromatic heterocycles. The van der Waals surface area contributed by atoms with Gasteiger partial charge >= 0.3 is 0 Å². The molecule has 0 saturated heterocycles. The van der Waals surface area contributed by atoms with Crippen molar-refractivity contribution in [2.45, 2.75) is 45.2 Å². The number of benzene rings is 1. The molecule has 6 heteroatoms. The molecular weight excluding hydrogens is 358 g/mol. The van der Waals surface area contributed by atoms with Crippen LogP contribution in [0.4, 0.5) is 5.69 Å². The van der Waals surface area contributed by atoms with Crippen molar-refractivity contribution in [1.29, 1.82) is 0 Å². The minimum Gasteiger partial charge on any atom is -0.330 e. The standard InChI is InChI=1S/C21H27N3O2S/c1-5-16(3)24(21(26)14-27-20-11-6-7-12-22-20)13-19(25)23-18-10-8-9-15(2)17(18)4/h6-12,16H,5,13-14H2,1-4H3,(H,23,25)/t16-/m1/s1. The topological polar surface area (TPSA) is 62.3 Å². The van der Waals surface area contributed by atoms with Crippen molar-refractivity contribution < 1.29 is 9.59 Å². The smallest absolute Gasteiger partial charge is 0.244 e. The molecule has 2 amide bonds. The summed E-state index contributed by atoms with van der Waals surface area (Å²) in [6.45, 7) is 8.01. The first-order valence-corrected chi connectivity index (χ1v) is 10.1. The third-order valence-corrected chi connectivity index (χ3v) is 5.55. The van der Waals surface area contributed by atoms with Gasteiger partial charge in [0.1, 0.15) is 6.54 Å². The van der Waals surface area contributed by atoms with Gasteiger partial charge in [-0.25, -0.2) is 4.98 Å². The maximum atomic E-state index is 12.7. The van der Waals surface area contributed by atoms with E-state index in [1.54, 1.807) is 11.1 Å². The van der Waals surface area contributed by atoms with Gasteiger partial charge in [0.05, 0.1) is 10.8 Å². The summed E-state index contributed by atoms with van der Waals surface area (Å²) in [5, 5.41) is 3.74. The minimum atomic E-state index is -0.180. The molecule has 2 rings (SSSR count). The molecule has 0 radical (unpaired) electrons. The van der Waals surface area contributed by atoms with E-state index in [4.69, 9.17) is 0 Å². The van der Waals surface area contributed by atoms with E-state index in [2.05, 4.69) is 10.3 Å². The second kappa shape index (κ2) is 10.1. The molecule has 0 saturated carbocycles. The first-order valence-electron chi connectivity index (χ1n) is 9.11.